The molecule has 21 heavy (non-hydrogen) atoms. The van der Waals surface area contributed by atoms with Crippen molar-refractivity contribution in [2.75, 3.05) is 45.9 Å². The SMILES string of the molecule is CC(O)(CNC(=O)C(=O)NCCN1CCOCC1)C1CC1. The zero-order chi connectivity index (χ0) is 15.3. The molecule has 7 nitrogen and oxygen atoms in total. The topological polar surface area (TPSA) is 90.9 Å². The molecular weight excluding hydrogens is 274 g/mol. The maximum atomic E-state index is 11.6. The Morgan fingerprint density at radius 2 is 1.86 bits per heavy atom. The highest BCUT2D eigenvalue weighted by atomic mass is 16.5. The van der Waals surface area contributed by atoms with Gasteiger partial charge in [0.1, 0.15) is 0 Å². The van der Waals surface area contributed by atoms with Crippen molar-refractivity contribution >= 4 is 11.8 Å². The van der Waals surface area contributed by atoms with Gasteiger partial charge >= 0.3 is 11.8 Å². The molecule has 0 aromatic carbocycles. The molecule has 0 radical (unpaired) electrons. The average Bonchev–Trinajstić information content (AvgIpc) is 3.31. The summed E-state index contributed by atoms with van der Waals surface area (Å²) in [4.78, 5) is 25.5. The molecule has 2 amide bonds. The second kappa shape index (κ2) is 7.20. The van der Waals surface area contributed by atoms with Crippen LogP contribution in [0.3, 0.4) is 0 Å². The number of nitrogens with one attached hydrogen (secondary N) is 2. The van der Waals surface area contributed by atoms with Crippen LogP contribution in [0.4, 0.5) is 0 Å². The highest BCUT2D eigenvalue weighted by Crippen LogP contribution is 2.38. The van der Waals surface area contributed by atoms with E-state index >= 15 is 0 Å². The van der Waals surface area contributed by atoms with Crippen molar-refractivity contribution in [2.45, 2.75) is 25.4 Å². The van der Waals surface area contributed by atoms with E-state index in [-0.39, 0.29) is 12.5 Å². The van der Waals surface area contributed by atoms with Crippen LogP contribution in [0.5, 0.6) is 0 Å². The molecule has 0 bridgehead atoms. The number of hydrogen-bond acceptors (Lipinski definition) is 5. The average molecular weight is 299 g/mol. The van der Waals surface area contributed by atoms with Crippen molar-refractivity contribution in [2.24, 2.45) is 5.92 Å². The highest BCUT2D eigenvalue weighted by molar-refractivity contribution is 6.35. The molecule has 1 heterocycles. The number of carbonyl (C=O) groups excluding carboxylic acids is 2. The summed E-state index contributed by atoms with van der Waals surface area (Å²) in [6, 6.07) is 0. The predicted octanol–water partition coefficient (Wildman–Crippen LogP) is -1.29. The molecule has 0 spiro atoms. The van der Waals surface area contributed by atoms with E-state index in [9.17, 15) is 14.7 Å². The Balaban J connectivity index is 1.59. The van der Waals surface area contributed by atoms with Crippen molar-refractivity contribution in [3.05, 3.63) is 0 Å². The third-order valence-electron chi connectivity index (χ3n) is 4.09. The minimum absolute atomic E-state index is 0.118. The van der Waals surface area contributed by atoms with Gasteiger partial charge in [0.05, 0.1) is 18.8 Å². The van der Waals surface area contributed by atoms with Gasteiger partial charge in [0, 0.05) is 32.7 Å². The van der Waals surface area contributed by atoms with Crippen molar-refractivity contribution in [1.29, 1.82) is 0 Å². The zero-order valence-electron chi connectivity index (χ0n) is 12.6. The molecule has 120 valence electrons. The largest absolute Gasteiger partial charge is 0.388 e. The molecular formula is C14H25N3O4. The minimum atomic E-state index is -0.913. The number of hydrogen-bond donors (Lipinski definition) is 3. The van der Waals surface area contributed by atoms with Gasteiger partial charge in [-0.2, -0.15) is 0 Å². The Kier molecular flexibility index (Phi) is 5.55. The summed E-state index contributed by atoms with van der Waals surface area (Å²) >= 11 is 0. The van der Waals surface area contributed by atoms with Gasteiger partial charge in [-0.3, -0.25) is 14.5 Å². The number of ether oxygens (including phenoxy) is 1. The number of morpholine rings is 1. The summed E-state index contributed by atoms with van der Waals surface area (Å²) in [5.74, 6) is -1.09. The third kappa shape index (κ3) is 5.26. The quantitative estimate of drug-likeness (QED) is 0.531. The molecule has 3 N–H and O–H groups in total. The maximum Gasteiger partial charge on any atom is 0.309 e. The minimum Gasteiger partial charge on any atom is -0.388 e. The van der Waals surface area contributed by atoms with Gasteiger partial charge in [-0.05, 0) is 25.7 Å². The van der Waals surface area contributed by atoms with Gasteiger partial charge < -0.3 is 20.5 Å². The summed E-state index contributed by atoms with van der Waals surface area (Å²) in [5, 5.41) is 15.2. The van der Waals surface area contributed by atoms with Crippen LogP contribution in [0, 0.1) is 5.92 Å². The number of aliphatic hydroxyl groups is 1. The maximum absolute atomic E-state index is 11.6. The third-order valence-corrected chi connectivity index (χ3v) is 4.09. The summed E-state index contributed by atoms with van der Waals surface area (Å²) in [6.07, 6.45) is 1.96. The van der Waals surface area contributed by atoms with E-state index in [1.165, 1.54) is 0 Å². The molecule has 2 fully saturated rings. The van der Waals surface area contributed by atoms with E-state index in [0.717, 1.165) is 25.9 Å². The van der Waals surface area contributed by atoms with Gasteiger partial charge in [-0.15, -0.1) is 0 Å². The Morgan fingerprint density at radius 1 is 1.24 bits per heavy atom. The van der Waals surface area contributed by atoms with Gasteiger partial charge in [0.25, 0.3) is 0 Å². The van der Waals surface area contributed by atoms with Crippen LogP contribution in [0.15, 0.2) is 0 Å². The van der Waals surface area contributed by atoms with Crippen LogP contribution in [0.25, 0.3) is 0 Å². The molecule has 0 aromatic heterocycles. The standard InChI is InChI=1S/C14H25N3O4/c1-14(20,11-2-3-11)10-16-13(19)12(18)15-4-5-17-6-8-21-9-7-17/h11,20H,2-10H2,1H3,(H,15,18)(H,16,19). The number of amides is 2. The van der Waals surface area contributed by atoms with E-state index < -0.39 is 17.4 Å². The molecule has 7 heteroatoms. The molecule has 2 rings (SSSR count). The highest BCUT2D eigenvalue weighted by Gasteiger charge is 2.40. The number of nitrogens with zero attached hydrogens (tertiary/aromatic N) is 1. The molecule has 1 saturated carbocycles. The summed E-state index contributed by atoms with van der Waals surface area (Å²) in [7, 11) is 0. The van der Waals surface area contributed by atoms with Crippen LogP contribution < -0.4 is 10.6 Å². The van der Waals surface area contributed by atoms with E-state index in [4.69, 9.17) is 4.74 Å². The predicted molar refractivity (Wildman–Crippen MR) is 76.6 cm³/mol. The molecule has 1 saturated heterocycles. The first-order valence-electron chi connectivity index (χ1n) is 7.57. The van der Waals surface area contributed by atoms with Gasteiger partial charge in [0.15, 0.2) is 0 Å². The van der Waals surface area contributed by atoms with Crippen LogP contribution >= 0.6 is 0 Å². The fourth-order valence-electron chi connectivity index (χ4n) is 2.42. The fraction of sp³-hybridized carbons (Fsp3) is 0.857. The first-order valence-corrected chi connectivity index (χ1v) is 7.57. The monoisotopic (exact) mass is 299 g/mol. The van der Waals surface area contributed by atoms with E-state index in [1.807, 2.05) is 0 Å². The Labute approximate surface area is 125 Å². The lowest BCUT2D eigenvalue weighted by atomic mass is 10.0. The first kappa shape index (κ1) is 16.2. The Bertz CT molecular complexity index is 376. The van der Waals surface area contributed by atoms with E-state index in [1.54, 1.807) is 6.92 Å². The van der Waals surface area contributed by atoms with E-state index in [2.05, 4.69) is 15.5 Å². The van der Waals surface area contributed by atoms with Crippen molar-refractivity contribution in [3.63, 3.8) is 0 Å². The molecule has 1 atom stereocenters. The first-order chi connectivity index (χ1) is 9.99. The van der Waals surface area contributed by atoms with Gasteiger partial charge in [-0.1, -0.05) is 0 Å². The Morgan fingerprint density at radius 3 is 2.48 bits per heavy atom. The molecule has 0 aromatic rings. The lowest BCUT2D eigenvalue weighted by Crippen LogP contribution is -2.48. The Hall–Kier alpha value is -1.18. The second-order valence-electron chi connectivity index (χ2n) is 6.02. The van der Waals surface area contributed by atoms with Gasteiger partial charge in [0.2, 0.25) is 0 Å². The smallest absolute Gasteiger partial charge is 0.309 e. The summed E-state index contributed by atoms with van der Waals surface area (Å²) in [6.45, 7) is 6.09. The molecule has 1 unspecified atom stereocenters. The van der Waals surface area contributed by atoms with E-state index in [0.29, 0.717) is 26.3 Å². The molecule has 1 aliphatic heterocycles. The van der Waals surface area contributed by atoms with Gasteiger partial charge in [-0.25, -0.2) is 0 Å². The van der Waals surface area contributed by atoms with Crippen LogP contribution in [-0.2, 0) is 14.3 Å². The molecule has 2 aliphatic rings. The number of rotatable bonds is 6. The summed E-state index contributed by atoms with van der Waals surface area (Å²) < 4.78 is 5.24. The van der Waals surface area contributed by atoms with Crippen LogP contribution in [0.2, 0.25) is 0 Å². The lowest BCUT2D eigenvalue weighted by molar-refractivity contribution is -0.139. The summed E-state index contributed by atoms with van der Waals surface area (Å²) in [5.41, 5.74) is -0.913. The zero-order valence-corrected chi connectivity index (χ0v) is 12.6. The lowest BCUT2D eigenvalue weighted by Gasteiger charge is -2.26. The van der Waals surface area contributed by atoms with Crippen LogP contribution in [-0.4, -0.2) is 73.4 Å². The van der Waals surface area contributed by atoms with Crippen molar-refractivity contribution in [3.8, 4) is 0 Å². The normalized spacial score (nSPS) is 22.4. The number of carbonyl (C=O) groups is 2. The fourth-order valence-corrected chi connectivity index (χ4v) is 2.42. The van der Waals surface area contributed by atoms with Crippen molar-refractivity contribution < 1.29 is 19.4 Å². The molecule has 1 aliphatic carbocycles. The van der Waals surface area contributed by atoms with Crippen LogP contribution in [0.1, 0.15) is 19.8 Å². The van der Waals surface area contributed by atoms with Crippen molar-refractivity contribution in [1.82, 2.24) is 15.5 Å². The second-order valence-corrected chi connectivity index (χ2v) is 6.02.